The van der Waals surface area contributed by atoms with Crippen LogP contribution >= 0.6 is 11.6 Å². The zero-order valence-electron chi connectivity index (χ0n) is 11.9. The predicted octanol–water partition coefficient (Wildman–Crippen LogP) is 3.25. The second-order valence-corrected chi connectivity index (χ2v) is 5.40. The molecule has 0 saturated heterocycles. The van der Waals surface area contributed by atoms with Crippen LogP contribution < -0.4 is 11.3 Å². The van der Waals surface area contributed by atoms with Gasteiger partial charge in [-0.1, -0.05) is 36.7 Å². The molecule has 1 aromatic heterocycles. The Morgan fingerprint density at radius 1 is 1.35 bits per heavy atom. The Morgan fingerprint density at radius 2 is 2.10 bits per heavy atom. The van der Waals surface area contributed by atoms with Gasteiger partial charge in [-0.25, -0.2) is 0 Å². The SMILES string of the molecule is CCC(C)n1ccc(CC(NN)c2ccccc2Cl)n1. The number of nitrogens with one attached hydrogen (secondary N) is 1. The van der Waals surface area contributed by atoms with Gasteiger partial charge in [0.2, 0.25) is 0 Å². The fourth-order valence-electron chi connectivity index (χ4n) is 2.14. The van der Waals surface area contributed by atoms with Gasteiger partial charge >= 0.3 is 0 Å². The van der Waals surface area contributed by atoms with Crippen molar-refractivity contribution >= 4 is 11.6 Å². The molecule has 0 radical (unpaired) electrons. The number of rotatable bonds is 6. The summed E-state index contributed by atoms with van der Waals surface area (Å²) in [5.41, 5.74) is 4.83. The number of aromatic nitrogens is 2. The maximum Gasteiger partial charge on any atom is 0.0644 e. The highest BCUT2D eigenvalue weighted by Gasteiger charge is 2.15. The van der Waals surface area contributed by atoms with Crippen molar-refractivity contribution in [2.45, 2.75) is 38.8 Å². The van der Waals surface area contributed by atoms with E-state index < -0.39 is 0 Å². The van der Waals surface area contributed by atoms with Crippen molar-refractivity contribution in [3.63, 3.8) is 0 Å². The van der Waals surface area contributed by atoms with E-state index in [2.05, 4.69) is 24.4 Å². The summed E-state index contributed by atoms with van der Waals surface area (Å²) in [5.74, 6) is 5.67. The summed E-state index contributed by atoms with van der Waals surface area (Å²) < 4.78 is 2.00. The third-order valence-electron chi connectivity index (χ3n) is 3.60. The van der Waals surface area contributed by atoms with Gasteiger partial charge in [0.15, 0.2) is 0 Å². The first-order chi connectivity index (χ1) is 9.65. The van der Waals surface area contributed by atoms with Crippen LogP contribution in [-0.4, -0.2) is 9.78 Å². The van der Waals surface area contributed by atoms with Crippen LogP contribution in [0.5, 0.6) is 0 Å². The minimum absolute atomic E-state index is 0.0380. The minimum Gasteiger partial charge on any atom is -0.271 e. The molecule has 0 aliphatic heterocycles. The van der Waals surface area contributed by atoms with E-state index in [1.165, 1.54) is 0 Å². The Hall–Kier alpha value is -1.36. The second-order valence-electron chi connectivity index (χ2n) is 4.99. The van der Waals surface area contributed by atoms with E-state index in [1.807, 2.05) is 41.2 Å². The normalized spacial score (nSPS) is 14.2. The molecule has 0 aliphatic rings. The summed E-state index contributed by atoms with van der Waals surface area (Å²) in [5, 5.41) is 5.32. The van der Waals surface area contributed by atoms with Gasteiger partial charge in [-0.3, -0.25) is 16.0 Å². The summed E-state index contributed by atoms with van der Waals surface area (Å²) in [6, 6.07) is 10.1. The zero-order chi connectivity index (χ0) is 14.5. The molecule has 0 saturated carbocycles. The second kappa shape index (κ2) is 6.88. The summed E-state index contributed by atoms with van der Waals surface area (Å²) in [4.78, 5) is 0. The molecule has 4 nitrogen and oxygen atoms in total. The van der Waals surface area contributed by atoms with Crippen LogP contribution in [0.4, 0.5) is 0 Å². The van der Waals surface area contributed by atoms with Gasteiger partial charge in [-0.2, -0.15) is 5.10 Å². The van der Waals surface area contributed by atoms with Crippen LogP contribution in [0.3, 0.4) is 0 Å². The maximum atomic E-state index is 6.22. The van der Waals surface area contributed by atoms with Gasteiger partial charge in [0.1, 0.15) is 0 Å². The fraction of sp³-hybridized carbons (Fsp3) is 0.400. The molecule has 0 bridgehead atoms. The summed E-state index contributed by atoms with van der Waals surface area (Å²) >= 11 is 6.22. The molecule has 108 valence electrons. The highest BCUT2D eigenvalue weighted by Crippen LogP contribution is 2.24. The average molecular weight is 293 g/mol. The standard InChI is InChI=1S/C15H21ClN4/c1-3-11(2)20-9-8-12(19-20)10-15(18-17)13-6-4-5-7-14(13)16/h4-9,11,15,18H,3,10,17H2,1-2H3. The van der Waals surface area contributed by atoms with Crippen molar-refractivity contribution in [3.8, 4) is 0 Å². The molecule has 20 heavy (non-hydrogen) atoms. The Labute approximate surface area is 124 Å². The van der Waals surface area contributed by atoms with E-state index in [4.69, 9.17) is 17.4 Å². The molecular weight excluding hydrogens is 272 g/mol. The lowest BCUT2D eigenvalue weighted by Gasteiger charge is -2.16. The fourth-order valence-corrected chi connectivity index (χ4v) is 2.41. The van der Waals surface area contributed by atoms with Crippen LogP contribution in [0.25, 0.3) is 0 Å². The first-order valence-electron chi connectivity index (χ1n) is 6.90. The third-order valence-corrected chi connectivity index (χ3v) is 3.95. The number of hydrogen-bond acceptors (Lipinski definition) is 3. The molecule has 2 unspecified atom stereocenters. The Morgan fingerprint density at radius 3 is 2.75 bits per heavy atom. The van der Waals surface area contributed by atoms with Gasteiger partial charge in [-0.15, -0.1) is 0 Å². The van der Waals surface area contributed by atoms with Gasteiger partial charge in [0.25, 0.3) is 0 Å². The molecule has 0 amide bonds. The molecule has 5 heteroatoms. The number of halogens is 1. The van der Waals surface area contributed by atoms with Crippen LogP contribution in [0, 0.1) is 0 Å². The zero-order valence-corrected chi connectivity index (χ0v) is 12.6. The number of nitrogens with zero attached hydrogens (tertiary/aromatic N) is 2. The molecule has 1 aromatic carbocycles. The first-order valence-corrected chi connectivity index (χ1v) is 7.28. The minimum atomic E-state index is -0.0380. The van der Waals surface area contributed by atoms with E-state index in [9.17, 15) is 0 Å². The number of benzene rings is 1. The van der Waals surface area contributed by atoms with E-state index in [1.54, 1.807) is 0 Å². The number of nitrogens with two attached hydrogens (primary N) is 1. The van der Waals surface area contributed by atoms with Crippen LogP contribution in [0.2, 0.25) is 5.02 Å². The van der Waals surface area contributed by atoms with Crippen LogP contribution in [0.15, 0.2) is 36.5 Å². The Kier molecular flexibility index (Phi) is 5.17. The lowest BCUT2D eigenvalue weighted by atomic mass is 10.0. The highest BCUT2D eigenvalue weighted by molar-refractivity contribution is 6.31. The number of hydrazine groups is 1. The largest absolute Gasteiger partial charge is 0.271 e. The average Bonchev–Trinajstić information content (AvgIpc) is 2.93. The molecule has 0 aliphatic carbocycles. The monoisotopic (exact) mass is 292 g/mol. The maximum absolute atomic E-state index is 6.22. The first kappa shape index (κ1) is 15.0. The molecular formula is C15H21ClN4. The number of hydrogen-bond donors (Lipinski definition) is 2. The van der Waals surface area contributed by atoms with Crippen molar-refractivity contribution in [3.05, 3.63) is 52.8 Å². The lowest BCUT2D eigenvalue weighted by Crippen LogP contribution is -2.30. The topological polar surface area (TPSA) is 55.9 Å². The molecule has 0 spiro atoms. The molecule has 1 heterocycles. The summed E-state index contributed by atoms with van der Waals surface area (Å²) in [6.07, 6.45) is 3.79. The Bertz CT molecular complexity index is 552. The smallest absolute Gasteiger partial charge is 0.0644 e. The van der Waals surface area contributed by atoms with Crippen molar-refractivity contribution < 1.29 is 0 Å². The Balaban J connectivity index is 2.15. The molecule has 2 atom stereocenters. The van der Waals surface area contributed by atoms with Crippen molar-refractivity contribution in [1.29, 1.82) is 0 Å². The van der Waals surface area contributed by atoms with Gasteiger partial charge < -0.3 is 0 Å². The highest BCUT2D eigenvalue weighted by atomic mass is 35.5. The van der Waals surface area contributed by atoms with Crippen LogP contribution in [0.1, 0.15) is 43.6 Å². The van der Waals surface area contributed by atoms with Crippen molar-refractivity contribution in [1.82, 2.24) is 15.2 Å². The molecule has 3 N–H and O–H groups in total. The van der Waals surface area contributed by atoms with E-state index in [-0.39, 0.29) is 6.04 Å². The molecule has 2 rings (SSSR count). The summed E-state index contributed by atoms with van der Waals surface area (Å²) in [7, 11) is 0. The van der Waals surface area contributed by atoms with Crippen molar-refractivity contribution in [2.24, 2.45) is 5.84 Å². The van der Waals surface area contributed by atoms with E-state index >= 15 is 0 Å². The van der Waals surface area contributed by atoms with E-state index in [0.29, 0.717) is 12.5 Å². The quantitative estimate of drug-likeness (QED) is 0.635. The predicted molar refractivity (Wildman–Crippen MR) is 82.4 cm³/mol. The third kappa shape index (κ3) is 3.39. The van der Waals surface area contributed by atoms with E-state index in [0.717, 1.165) is 22.7 Å². The van der Waals surface area contributed by atoms with Gasteiger partial charge in [0.05, 0.1) is 11.7 Å². The van der Waals surface area contributed by atoms with Gasteiger partial charge in [0, 0.05) is 23.7 Å². The molecule has 0 fully saturated rings. The summed E-state index contributed by atoms with van der Waals surface area (Å²) in [6.45, 7) is 4.31. The lowest BCUT2D eigenvalue weighted by molar-refractivity contribution is 0.467. The van der Waals surface area contributed by atoms with Crippen LogP contribution in [-0.2, 0) is 6.42 Å². The molecule has 2 aromatic rings. The van der Waals surface area contributed by atoms with Crippen molar-refractivity contribution in [2.75, 3.05) is 0 Å². The van der Waals surface area contributed by atoms with Gasteiger partial charge in [-0.05, 0) is 31.0 Å².